The summed E-state index contributed by atoms with van der Waals surface area (Å²) in [6.45, 7) is 11.5. The highest BCUT2D eigenvalue weighted by Gasteiger charge is 2.44. The third-order valence-corrected chi connectivity index (χ3v) is 4.94. The van der Waals surface area contributed by atoms with E-state index in [4.69, 9.17) is 4.74 Å². The van der Waals surface area contributed by atoms with Crippen LogP contribution >= 0.6 is 0 Å². The zero-order valence-corrected chi connectivity index (χ0v) is 14.2. The van der Waals surface area contributed by atoms with Gasteiger partial charge in [-0.15, -0.1) is 0 Å². The first-order chi connectivity index (χ1) is 9.78. The topological polar surface area (TPSA) is 29.5 Å². The standard InChI is InChI=1S/C19H30O2/c1-6-21-19(9-7-18(4,5)8-10-19)17(20)16-12-14(2)11-15(3)13-16/h11-13,17,20H,6-10H2,1-5H3. The van der Waals surface area contributed by atoms with Crippen LogP contribution in [0.4, 0.5) is 0 Å². The number of aliphatic hydroxyl groups excluding tert-OH is 1. The molecule has 21 heavy (non-hydrogen) atoms. The summed E-state index contributed by atoms with van der Waals surface area (Å²) in [6.07, 6.45) is 3.54. The smallest absolute Gasteiger partial charge is 0.108 e. The molecule has 2 heteroatoms. The van der Waals surface area contributed by atoms with E-state index in [0.29, 0.717) is 12.0 Å². The molecule has 1 atom stereocenters. The monoisotopic (exact) mass is 290 g/mol. The lowest BCUT2D eigenvalue weighted by molar-refractivity contribution is -0.153. The van der Waals surface area contributed by atoms with Gasteiger partial charge in [-0.25, -0.2) is 0 Å². The molecular formula is C19H30O2. The summed E-state index contributed by atoms with van der Waals surface area (Å²) in [5.41, 5.74) is 3.35. The van der Waals surface area contributed by atoms with E-state index in [1.54, 1.807) is 0 Å². The van der Waals surface area contributed by atoms with E-state index in [2.05, 4.69) is 45.9 Å². The summed E-state index contributed by atoms with van der Waals surface area (Å²) in [7, 11) is 0. The Labute approximate surface area is 129 Å². The fraction of sp³-hybridized carbons (Fsp3) is 0.684. The van der Waals surface area contributed by atoms with E-state index in [-0.39, 0.29) is 0 Å². The molecule has 2 nitrogen and oxygen atoms in total. The third-order valence-electron chi connectivity index (χ3n) is 4.94. The summed E-state index contributed by atoms with van der Waals surface area (Å²) in [4.78, 5) is 0. The molecule has 0 saturated heterocycles. The Balaban J connectivity index is 2.29. The Morgan fingerprint density at radius 3 is 2.05 bits per heavy atom. The van der Waals surface area contributed by atoms with Crippen molar-refractivity contribution in [2.24, 2.45) is 5.41 Å². The average molecular weight is 290 g/mol. The lowest BCUT2D eigenvalue weighted by atomic mass is 9.68. The van der Waals surface area contributed by atoms with Gasteiger partial charge in [0, 0.05) is 6.61 Å². The van der Waals surface area contributed by atoms with Crippen LogP contribution in [0.5, 0.6) is 0 Å². The first-order valence-corrected chi connectivity index (χ1v) is 8.18. The summed E-state index contributed by atoms with van der Waals surface area (Å²) in [5.74, 6) is 0. The molecule has 1 unspecified atom stereocenters. The van der Waals surface area contributed by atoms with Gasteiger partial charge in [0.05, 0.1) is 5.60 Å². The Hall–Kier alpha value is -0.860. The Morgan fingerprint density at radius 2 is 1.57 bits per heavy atom. The number of hydrogen-bond donors (Lipinski definition) is 1. The van der Waals surface area contributed by atoms with Crippen molar-refractivity contribution in [2.45, 2.75) is 72.0 Å². The maximum absolute atomic E-state index is 11.0. The van der Waals surface area contributed by atoms with Crippen molar-refractivity contribution in [3.8, 4) is 0 Å². The molecule has 1 saturated carbocycles. The van der Waals surface area contributed by atoms with E-state index < -0.39 is 11.7 Å². The SMILES string of the molecule is CCOC1(C(O)c2cc(C)cc(C)c2)CCC(C)(C)CC1. The summed E-state index contributed by atoms with van der Waals surface area (Å²) < 4.78 is 6.11. The van der Waals surface area contributed by atoms with Crippen LogP contribution in [0.15, 0.2) is 18.2 Å². The molecule has 0 aromatic heterocycles. The van der Waals surface area contributed by atoms with Gasteiger partial charge in [0.15, 0.2) is 0 Å². The number of ether oxygens (including phenoxy) is 1. The molecule has 0 spiro atoms. The molecule has 1 aromatic carbocycles. The van der Waals surface area contributed by atoms with Crippen molar-refractivity contribution in [3.05, 3.63) is 34.9 Å². The Kier molecular flexibility index (Phi) is 4.79. The quantitative estimate of drug-likeness (QED) is 0.870. The minimum atomic E-state index is -0.535. The van der Waals surface area contributed by atoms with Gasteiger partial charge in [0.2, 0.25) is 0 Å². The van der Waals surface area contributed by atoms with Crippen LogP contribution in [0.3, 0.4) is 0 Å². The molecule has 1 aromatic rings. The van der Waals surface area contributed by atoms with E-state index in [1.807, 2.05) is 6.92 Å². The molecule has 1 fully saturated rings. The fourth-order valence-corrected chi connectivity index (χ4v) is 3.61. The number of rotatable bonds is 4. The minimum Gasteiger partial charge on any atom is -0.385 e. The molecule has 1 aliphatic rings. The van der Waals surface area contributed by atoms with Crippen molar-refractivity contribution >= 4 is 0 Å². The number of benzene rings is 1. The van der Waals surface area contributed by atoms with Crippen LogP contribution in [-0.4, -0.2) is 17.3 Å². The molecule has 0 bridgehead atoms. The molecule has 0 heterocycles. The molecular weight excluding hydrogens is 260 g/mol. The lowest BCUT2D eigenvalue weighted by Gasteiger charge is -2.46. The Bertz CT molecular complexity index is 460. The van der Waals surface area contributed by atoms with Gasteiger partial charge in [-0.05, 0) is 57.4 Å². The second-order valence-electron chi connectivity index (χ2n) is 7.49. The first kappa shape index (κ1) is 16.5. The zero-order valence-electron chi connectivity index (χ0n) is 14.2. The highest BCUT2D eigenvalue weighted by atomic mass is 16.5. The Morgan fingerprint density at radius 1 is 1.05 bits per heavy atom. The maximum Gasteiger partial charge on any atom is 0.108 e. The minimum absolute atomic E-state index is 0.364. The largest absolute Gasteiger partial charge is 0.385 e. The second-order valence-corrected chi connectivity index (χ2v) is 7.49. The third kappa shape index (κ3) is 3.67. The number of hydrogen-bond acceptors (Lipinski definition) is 2. The fourth-order valence-electron chi connectivity index (χ4n) is 3.61. The number of aliphatic hydroxyl groups is 1. The molecule has 118 valence electrons. The normalized spacial score (nSPS) is 22.0. The highest BCUT2D eigenvalue weighted by molar-refractivity contribution is 5.31. The average Bonchev–Trinajstić information content (AvgIpc) is 2.40. The van der Waals surface area contributed by atoms with Crippen molar-refractivity contribution in [1.82, 2.24) is 0 Å². The van der Waals surface area contributed by atoms with Crippen LogP contribution in [-0.2, 0) is 4.74 Å². The van der Waals surface area contributed by atoms with Gasteiger partial charge in [0.25, 0.3) is 0 Å². The van der Waals surface area contributed by atoms with Crippen LogP contribution in [0, 0.1) is 19.3 Å². The van der Waals surface area contributed by atoms with Gasteiger partial charge < -0.3 is 9.84 Å². The molecule has 1 aliphatic carbocycles. The van der Waals surface area contributed by atoms with Crippen molar-refractivity contribution in [3.63, 3.8) is 0 Å². The molecule has 0 aliphatic heterocycles. The predicted molar refractivity (Wildman–Crippen MR) is 87.5 cm³/mol. The van der Waals surface area contributed by atoms with Crippen LogP contribution < -0.4 is 0 Å². The highest BCUT2D eigenvalue weighted by Crippen LogP contribution is 2.47. The van der Waals surface area contributed by atoms with Gasteiger partial charge in [-0.2, -0.15) is 0 Å². The zero-order chi connectivity index (χ0) is 15.7. The first-order valence-electron chi connectivity index (χ1n) is 8.18. The van der Waals surface area contributed by atoms with Gasteiger partial charge in [-0.3, -0.25) is 0 Å². The van der Waals surface area contributed by atoms with Gasteiger partial charge >= 0.3 is 0 Å². The van der Waals surface area contributed by atoms with Crippen LogP contribution in [0.1, 0.15) is 69.2 Å². The molecule has 0 amide bonds. The molecule has 0 radical (unpaired) electrons. The van der Waals surface area contributed by atoms with Crippen molar-refractivity contribution in [1.29, 1.82) is 0 Å². The van der Waals surface area contributed by atoms with Crippen LogP contribution in [0.25, 0.3) is 0 Å². The van der Waals surface area contributed by atoms with E-state index in [0.717, 1.165) is 31.2 Å². The van der Waals surface area contributed by atoms with E-state index >= 15 is 0 Å². The lowest BCUT2D eigenvalue weighted by Crippen LogP contribution is -2.44. The summed E-state index contributed by atoms with van der Waals surface area (Å²) in [5, 5.41) is 11.0. The van der Waals surface area contributed by atoms with Crippen molar-refractivity contribution in [2.75, 3.05) is 6.61 Å². The maximum atomic E-state index is 11.0. The van der Waals surface area contributed by atoms with Gasteiger partial charge in [0.1, 0.15) is 6.10 Å². The van der Waals surface area contributed by atoms with Crippen molar-refractivity contribution < 1.29 is 9.84 Å². The second kappa shape index (κ2) is 6.10. The summed E-state index contributed by atoms with van der Waals surface area (Å²) in [6, 6.07) is 6.34. The summed E-state index contributed by atoms with van der Waals surface area (Å²) >= 11 is 0. The number of aryl methyl sites for hydroxylation is 2. The van der Waals surface area contributed by atoms with Crippen LogP contribution in [0.2, 0.25) is 0 Å². The molecule has 1 N–H and O–H groups in total. The van der Waals surface area contributed by atoms with Gasteiger partial charge in [-0.1, -0.05) is 43.2 Å². The van der Waals surface area contributed by atoms with E-state index in [9.17, 15) is 5.11 Å². The van der Waals surface area contributed by atoms with E-state index in [1.165, 1.54) is 11.1 Å². The predicted octanol–water partition coefficient (Wildman–Crippen LogP) is 4.71. The molecule has 2 rings (SSSR count).